The largest absolute Gasteiger partial charge is 0.350 e. The van der Waals surface area contributed by atoms with Gasteiger partial charge in [0.1, 0.15) is 0 Å². The van der Waals surface area contributed by atoms with Crippen LogP contribution in [0.5, 0.6) is 0 Å². The maximum Gasteiger partial charge on any atom is 0.253 e. The highest BCUT2D eigenvalue weighted by Gasteiger charge is 2.24. The molecule has 2 aromatic rings. The van der Waals surface area contributed by atoms with Gasteiger partial charge in [0.25, 0.3) is 5.91 Å². The molecule has 3 rings (SSSR count). The molecule has 1 amide bonds. The van der Waals surface area contributed by atoms with Crippen LogP contribution in [0, 0.1) is 0 Å². The molecule has 0 radical (unpaired) electrons. The van der Waals surface area contributed by atoms with Crippen LogP contribution < -0.4 is 5.32 Å². The van der Waals surface area contributed by atoms with Crippen LogP contribution >= 0.6 is 11.6 Å². The molecule has 5 heteroatoms. The Balaban J connectivity index is 1.75. The van der Waals surface area contributed by atoms with Gasteiger partial charge in [-0.25, -0.2) is 0 Å². The lowest BCUT2D eigenvalue weighted by molar-refractivity contribution is 0.0943. The minimum absolute atomic E-state index is 0.00382. The van der Waals surface area contributed by atoms with E-state index in [-0.39, 0.29) is 5.91 Å². The normalized spacial score (nSPS) is 19.0. The number of carbonyl (C=O) groups excluding carboxylic acids is 1. The van der Waals surface area contributed by atoms with Gasteiger partial charge in [-0.1, -0.05) is 24.6 Å². The number of aromatic nitrogens is 1. The number of likely N-dealkylation sites (N-methyl/N-ethyl adjacent to an activating group) is 1. The van der Waals surface area contributed by atoms with E-state index in [1.54, 1.807) is 0 Å². The molecule has 1 atom stereocenters. The number of carbonyl (C=O) groups is 1. The van der Waals surface area contributed by atoms with Gasteiger partial charge in [-0.15, -0.1) is 0 Å². The number of hydrogen-bond acceptors (Lipinski definition) is 2. The molecule has 4 nitrogen and oxygen atoms in total. The van der Waals surface area contributed by atoms with Gasteiger partial charge in [0, 0.05) is 36.2 Å². The van der Waals surface area contributed by atoms with Gasteiger partial charge < -0.3 is 9.88 Å². The molecule has 1 unspecified atom stereocenters. The van der Waals surface area contributed by atoms with Crippen LogP contribution in [0.2, 0.25) is 5.02 Å². The van der Waals surface area contributed by atoms with Crippen molar-refractivity contribution in [2.45, 2.75) is 25.8 Å². The van der Waals surface area contributed by atoms with Gasteiger partial charge in [0.05, 0.1) is 11.1 Å². The van der Waals surface area contributed by atoms with E-state index >= 15 is 0 Å². The molecule has 0 saturated carbocycles. The summed E-state index contributed by atoms with van der Waals surface area (Å²) in [7, 11) is 1.94. The summed E-state index contributed by atoms with van der Waals surface area (Å²) in [5.41, 5.74) is 1.70. The fraction of sp³-hybridized carbons (Fsp3) is 0.471. The minimum atomic E-state index is -0.00382. The molecule has 22 heavy (non-hydrogen) atoms. The lowest BCUT2D eigenvalue weighted by Gasteiger charge is -2.22. The van der Waals surface area contributed by atoms with Crippen molar-refractivity contribution in [3.8, 4) is 0 Å². The maximum absolute atomic E-state index is 12.5. The Kier molecular flexibility index (Phi) is 4.41. The van der Waals surface area contributed by atoms with E-state index < -0.39 is 0 Å². The third kappa shape index (κ3) is 2.85. The second-order valence-electron chi connectivity index (χ2n) is 5.95. The number of fused-ring (bicyclic) bond motifs is 1. The van der Waals surface area contributed by atoms with E-state index in [1.807, 2.05) is 36.0 Å². The Morgan fingerprint density at radius 1 is 1.45 bits per heavy atom. The van der Waals surface area contributed by atoms with Crippen molar-refractivity contribution in [2.75, 3.05) is 19.6 Å². The average molecular weight is 320 g/mol. The smallest absolute Gasteiger partial charge is 0.253 e. The SMILES string of the molecule is CCN1CCCC1CNC(=O)c1cn(C)c2cc(Cl)ccc12. The van der Waals surface area contributed by atoms with E-state index in [0.29, 0.717) is 11.1 Å². The molecule has 0 aliphatic carbocycles. The van der Waals surface area contributed by atoms with Crippen molar-refractivity contribution >= 4 is 28.4 Å². The van der Waals surface area contributed by atoms with Gasteiger partial charge >= 0.3 is 0 Å². The van der Waals surface area contributed by atoms with Crippen LogP contribution in [0.3, 0.4) is 0 Å². The van der Waals surface area contributed by atoms with Gasteiger partial charge in [-0.05, 0) is 38.1 Å². The first-order valence-corrected chi connectivity index (χ1v) is 8.24. The van der Waals surface area contributed by atoms with E-state index in [1.165, 1.54) is 12.8 Å². The number of amides is 1. The highest BCUT2D eigenvalue weighted by molar-refractivity contribution is 6.31. The van der Waals surface area contributed by atoms with Crippen molar-refractivity contribution in [1.82, 2.24) is 14.8 Å². The first kappa shape index (κ1) is 15.4. The Labute approximate surface area is 136 Å². The summed E-state index contributed by atoms with van der Waals surface area (Å²) in [5.74, 6) is -0.00382. The quantitative estimate of drug-likeness (QED) is 0.940. The Bertz CT molecular complexity index is 695. The molecule has 118 valence electrons. The Morgan fingerprint density at radius 3 is 3.05 bits per heavy atom. The zero-order valence-electron chi connectivity index (χ0n) is 13.1. The molecular weight excluding hydrogens is 298 g/mol. The first-order chi connectivity index (χ1) is 10.6. The maximum atomic E-state index is 12.5. The number of nitrogens with one attached hydrogen (secondary N) is 1. The van der Waals surface area contributed by atoms with Gasteiger partial charge in [-0.3, -0.25) is 9.69 Å². The number of hydrogen-bond donors (Lipinski definition) is 1. The molecule has 2 heterocycles. The van der Waals surface area contributed by atoms with Crippen LogP contribution in [0.1, 0.15) is 30.1 Å². The number of benzene rings is 1. The predicted molar refractivity (Wildman–Crippen MR) is 90.5 cm³/mol. The summed E-state index contributed by atoms with van der Waals surface area (Å²) in [4.78, 5) is 15.0. The van der Waals surface area contributed by atoms with Crippen molar-refractivity contribution < 1.29 is 4.79 Å². The third-order valence-electron chi connectivity index (χ3n) is 4.60. The first-order valence-electron chi connectivity index (χ1n) is 7.87. The summed E-state index contributed by atoms with van der Waals surface area (Å²) in [6, 6.07) is 6.11. The average Bonchev–Trinajstić information content (AvgIpc) is 3.09. The summed E-state index contributed by atoms with van der Waals surface area (Å²) in [6.07, 6.45) is 4.27. The Hall–Kier alpha value is -1.52. The summed E-state index contributed by atoms with van der Waals surface area (Å²) in [6.45, 7) is 5.09. The molecule has 1 aromatic heterocycles. The van der Waals surface area contributed by atoms with Crippen LogP contribution in [-0.2, 0) is 7.05 Å². The molecule has 1 fully saturated rings. The predicted octanol–water partition coefficient (Wildman–Crippen LogP) is 3.05. The Morgan fingerprint density at radius 2 is 2.27 bits per heavy atom. The molecule has 1 aliphatic heterocycles. The fourth-order valence-corrected chi connectivity index (χ4v) is 3.55. The van der Waals surface area contributed by atoms with Crippen molar-refractivity contribution in [2.24, 2.45) is 7.05 Å². The number of aryl methyl sites for hydroxylation is 1. The van der Waals surface area contributed by atoms with Crippen LogP contribution in [0.25, 0.3) is 10.9 Å². The number of halogens is 1. The van der Waals surface area contributed by atoms with E-state index in [2.05, 4.69) is 17.1 Å². The second-order valence-corrected chi connectivity index (χ2v) is 6.39. The fourth-order valence-electron chi connectivity index (χ4n) is 3.39. The van der Waals surface area contributed by atoms with Gasteiger partial charge in [0.15, 0.2) is 0 Å². The van der Waals surface area contributed by atoms with Crippen LogP contribution in [0.4, 0.5) is 0 Å². The molecular formula is C17H22ClN3O. The molecule has 1 aromatic carbocycles. The van der Waals surface area contributed by atoms with Gasteiger partial charge in [-0.2, -0.15) is 0 Å². The summed E-state index contributed by atoms with van der Waals surface area (Å²) in [5, 5.41) is 4.73. The highest BCUT2D eigenvalue weighted by atomic mass is 35.5. The van der Waals surface area contributed by atoms with Gasteiger partial charge in [0.2, 0.25) is 0 Å². The van der Waals surface area contributed by atoms with Crippen LogP contribution in [0.15, 0.2) is 24.4 Å². The monoisotopic (exact) mass is 319 g/mol. The molecule has 0 spiro atoms. The van der Waals surface area contributed by atoms with E-state index in [0.717, 1.165) is 36.1 Å². The molecule has 1 aliphatic rings. The molecule has 1 N–H and O–H groups in total. The summed E-state index contributed by atoms with van der Waals surface area (Å²) >= 11 is 6.04. The van der Waals surface area contributed by atoms with Crippen LogP contribution in [-0.4, -0.2) is 41.1 Å². The lowest BCUT2D eigenvalue weighted by Crippen LogP contribution is -2.40. The van der Waals surface area contributed by atoms with Crippen molar-refractivity contribution in [1.29, 1.82) is 0 Å². The highest BCUT2D eigenvalue weighted by Crippen LogP contribution is 2.24. The zero-order valence-corrected chi connectivity index (χ0v) is 13.9. The van der Waals surface area contributed by atoms with E-state index in [9.17, 15) is 4.79 Å². The number of nitrogens with zero attached hydrogens (tertiary/aromatic N) is 2. The van der Waals surface area contributed by atoms with Crippen molar-refractivity contribution in [3.05, 3.63) is 35.0 Å². The molecule has 0 bridgehead atoms. The third-order valence-corrected chi connectivity index (χ3v) is 4.84. The molecule has 1 saturated heterocycles. The topological polar surface area (TPSA) is 37.3 Å². The minimum Gasteiger partial charge on any atom is -0.350 e. The lowest BCUT2D eigenvalue weighted by atomic mass is 10.1. The van der Waals surface area contributed by atoms with E-state index in [4.69, 9.17) is 11.6 Å². The zero-order chi connectivity index (χ0) is 15.7. The summed E-state index contributed by atoms with van der Waals surface area (Å²) < 4.78 is 1.95. The van der Waals surface area contributed by atoms with Crippen molar-refractivity contribution in [3.63, 3.8) is 0 Å². The number of rotatable bonds is 4. The number of likely N-dealkylation sites (tertiary alicyclic amines) is 1. The second kappa shape index (κ2) is 6.31. The standard InChI is InChI=1S/C17H22ClN3O/c1-3-21-8-4-5-13(21)10-19-17(22)15-11-20(2)16-9-12(18)6-7-14(15)16/h6-7,9,11,13H,3-5,8,10H2,1-2H3,(H,19,22).